The van der Waals surface area contributed by atoms with E-state index in [1.165, 1.54) is 6.26 Å². The number of carbonyl (C=O) groups is 1. The van der Waals surface area contributed by atoms with E-state index in [0.717, 1.165) is 37.2 Å². The summed E-state index contributed by atoms with van der Waals surface area (Å²) in [5.41, 5.74) is 0.898. The van der Waals surface area contributed by atoms with Crippen LogP contribution in [0.3, 0.4) is 0 Å². The molecule has 1 saturated carbocycles. The Morgan fingerprint density at radius 1 is 1.20 bits per heavy atom. The van der Waals surface area contributed by atoms with Crippen molar-refractivity contribution in [1.29, 1.82) is 0 Å². The lowest BCUT2D eigenvalue weighted by Gasteiger charge is -2.29. The molecule has 0 heterocycles. The van der Waals surface area contributed by atoms with Crippen molar-refractivity contribution >= 4 is 15.7 Å². The topological polar surface area (TPSA) is 63.7 Å². The number of benzene rings is 1. The molecule has 1 atom stereocenters. The van der Waals surface area contributed by atoms with Crippen LogP contribution in [0.15, 0.2) is 29.2 Å². The monoisotopic (exact) mass is 367 g/mol. The second-order valence-corrected chi connectivity index (χ2v) is 9.23. The molecule has 25 heavy (non-hydrogen) atoms. The van der Waals surface area contributed by atoms with Gasteiger partial charge in [0.2, 0.25) is 5.91 Å². The van der Waals surface area contributed by atoms with E-state index in [9.17, 15) is 13.2 Å². The molecule has 0 aliphatic heterocycles. The van der Waals surface area contributed by atoms with E-state index in [2.05, 4.69) is 6.92 Å². The fourth-order valence-electron chi connectivity index (χ4n) is 3.12. The summed E-state index contributed by atoms with van der Waals surface area (Å²) in [7, 11) is -1.45. The maximum absolute atomic E-state index is 12.4. The SMILES string of the molecule is CC1CCC(OCC(=O)N(C)C(C)c2ccc(S(C)(=O)=O)cc2)CC1. The molecule has 0 N–H and O–H groups in total. The van der Waals surface area contributed by atoms with Crippen molar-refractivity contribution < 1.29 is 17.9 Å². The lowest BCUT2D eigenvalue weighted by Crippen LogP contribution is -2.34. The predicted molar refractivity (Wildman–Crippen MR) is 98.1 cm³/mol. The second-order valence-electron chi connectivity index (χ2n) is 7.21. The van der Waals surface area contributed by atoms with E-state index in [1.54, 1.807) is 36.2 Å². The van der Waals surface area contributed by atoms with E-state index >= 15 is 0 Å². The van der Waals surface area contributed by atoms with Gasteiger partial charge in [-0.05, 0) is 56.2 Å². The van der Waals surface area contributed by atoms with Crippen LogP contribution in [0.5, 0.6) is 0 Å². The third kappa shape index (κ3) is 5.54. The summed E-state index contributed by atoms with van der Waals surface area (Å²) in [6.07, 6.45) is 5.76. The van der Waals surface area contributed by atoms with Gasteiger partial charge < -0.3 is 9.64 Å². The minimum atomic E-state index is -3.21. The van der Waals surface area contributed by atoms with E-state index in [4.69, 9.17) is 4.74 Å². The van der Waals surface area contributed by atoms with Gasteiger partial charge in [-0.1, -0.05) is 19.1 Å². The standard InChI is InChI=1S/C19H29NO4S/c1-14-5-9-17(10-6-14)24-13-19(21)20(3)15(2)16-7-11-18(12-8-16)25(4,22)23/h7-8,11-12,14-15,17H,5-6,9-10,13H2,1-4H3. The van der Waals surface area contributed by atoms with Crippen molar-refractivity contribution in [3.05, 3.63) is 29.8 Å². The molecule has 2 rings (SSSR count). The zero-order chi connectivity index (χ0) is 18.6. The first kappa shape index (κ1) is 19.9. The minimum absolute atomic E-state index is 0.0571. The van der Waals surface area contributed by atoms with E-state index < -0.39 is 9.84 Å². The molecule has 0 bridgehead atoms. The van der Waals surface area contributed by atoms with E-state index in [0.29, 0.717) is 0 Å². The van der Waals surface area contributed by atoms with Crippen LogP contribution in [0.1, 0.15) is 51.1 Å². The summed E-state index contributed by atoms with van der Waals surface area (Å²) in [6, 6.07) is 6.54. The highest BCUT2D eigenvalue weighted by molar-refractivity contribution is 7.90. The van der Waals surface area contributed by atoms with Gasteiger partial charge in [0.15, 0.2) is 9.84 Å². The number of amides is 1. The number of likely N-dealkylation sites (N-methyl/N-ethyl adjacent to an activating group) is 1. The molecule has 1 aliphatic rings. The number of ether oxygens (including phenoxy) is 1. The average Bonchev–Trinajstić information content (AvgIpc) is 2.59. The first-order valence-electron chi connectivity index (χ1n) is 8.85. The highest BCUT2D eigenvalue weighted by Gasteiger charge is 2.22. The van der Waals surface area contributed by atoms with Crippen LogP contribution >= 0.6 is 0 Å². The Labute approximate surface area is 151 Å². The molecule has 0 spiro atoms. The van der Waals surface area contributed by atoms with Gasteiger partial charge in [-0.15, -0.1) is 0 Å². The first-order valence-corrected chi connectivity index (χ1v) is 10.7. The van der Waals surface area contributed by atoms with Crippen molar-refractivity contribution in [2.45, 2.75) is 56.6 Å². The second kappa shape index (κ2) is 8.32. The van der Waals surface area contributed by atoms with Gasteiger partial charge in [0.05, 0.1) is 17.0 Å². The van der Waals surface area contributed by atoms with Crippen LogP contribution < -0.4 is 0 Å². The zero-order valence-corrected chi connectivity index (χ0v) is 16.4. The molecule has 5 nitrogen and oxygen atoms in total. The van der Waals surface area contributed by atoms with Gasteiger partial charge in [0.25, 0.3) is 0 Å². The number of rotatable bonds is 6. The smallest absolute Gasteiger partial charge is 0.248 e. The highest BCUT2D eigenvalue weighted by Crippen LogP contribution is 2.26. The minimum Gasteiger partial charge on any atom is -0.368 e. The van der Waals surface area contributed by atoms with Gasteiger partial charge in [-0.2, -0.15) is 0 Å². The molecule has 0 radical (unpaired) electrons. The number of sulfone groups is 1. The number of carbonyl (C=O) groups excluding carboxylic acids is 1. The fraction of sp³-hybridized carbons (Fsp3) is 0.632. The fourth-order valence-corrected chi connectivity index (χ4v) is 3.75. The Balaban J connectivity index is 1.90. The van der Waals surface area contributed by atoms with Crippen LogP contribution in [0.4, 0.5) is 0 Å². The molecule has 1 unspecified atom stereocenters. The molecule has 1 aromatic carbocycles. The molecule has 140 valence electrons. The molecule has 6 heteroatoms. The van der Waals surface area contributed by atoms with Gasteiger partial charge in [0.1, 0.15) is 6.61 Å². The molecular weight excluding hydrogens is 338 g/mol. The number of hydrogen-bond acceptors (Lipinski definition) is 4. The lowest BCUT2D eigenvalue weighted by atomic mass is 9.89. The Morgan fingerprint density at radius 2 is 1.76 bits per heavy atom. The first-order chi connectivity index (χ1) is 11.7. The van der Waals surface area contributed by atoms with E-state index in [-0.39, 0.29) is 29.6 Å². The van der Waals surface area contributed by atoms with Crippen LogP contribution in [0, 0.1) is 5.92 Å². The van der Waals surface area contributed by atoms with Crippen LogP contribution in [0.2, 0.25) is 0 Å². The summed E-state index contributed by atoms with van der Waals surface area (Å²) in [6.45, 7) is 4.28. The third-order valence-corrected chi connectivity index (χ3v) is 6.30. The lowest BCUT2D eigenvalue weighted by molar-refractivity contribution is -0.139. The summed E-state index contributed by atoms with van der Waals surface area (Å²) in [5.74, 6) is 0.700. The Kier molecular flexibility index (Phi) is 6.63. The van der Waals surface area contributed by atoms with Crippen LogP contribution in [-0.4, -0.2) is 45.2 Å². The average molecular weight is 368 g/mol. The summed E-state index contributed by atoms with van der Waals surface area (Å²) in [4.78, 5) is 14.3. The Bertz CT molecular complexity index is 676. The highest BCUT2D eigenvalue weighted by atomic mass is 32.2. The summed E-state index contributed by atoms with van der Waals surface area (Å²) >= 11 is 0. The van der Waals surface area contributed by atoms with Crippen molar-refractivity contribution in [2.24, 2.45) is 5.92 Å². The molecule has 1 amide bonds. The molecule has 1 aromatic rings. The Morgan fingerprint density at radius 3 is 2.28 bits per heavy atom. The van der Waals surface area contributed by atoms with Crippen molar-refractivity contribution in [1.82, 2.24) is 4.90 Å². The van der Waals surface area contributed by atoms with Gasteiger partial charge in [0, 0.05) is 13.3 Å². The third-order valence-electron chi connectivity index (χ3n) is 5.17. The normalized spacial score (nSPS) is 22.4. The maximum atomic E-state index is 12.4. The molecule has 0 saturated heterocycles. The molecule has 1 fully saturated rings. The van der Waals surface area contributed by atoms with Crippen LogP contribution in [-0.2, 0) is 19.4 Å². The van der Waals surface area contributed by atoms with E-state index in [1.807, 2.05) is 6.92 Å². The van der Waals surface area contributed by atoms with Crippen molar-refractivity contribution in [3.8, 4) is 0 Å². The summed E-state index contributed by atoms with van der Waals surface area (Å²) in [5, 5.41) is 0. The van der Waals surface area contributed by atoms with Gasteiger partial charge >= 0.3 is 0 Å². The predicted octanol–water partition coefficient (Wildman–Crippen LogP) is 3.20. The quantitative estimate of drug-likeness (QED) is 0.774. The molecule has 1 aliphatic carbocycles. The summed E-state index contributed by atoms with van der Waals surface area (Å²) < 4.78 is 28.9. The molecule has 0 aromatic heterocycles. The zero-order valence-electron chi connectivity index (χ0n) is 15.6. The van der Waals surface area contributed by atoms with Crippen LogP contribution in [0.25, 0.3) is 0 Å². The van der Waals surface area contributed by atoms with Gasteiger partial charge in [-0.3, -0.25) is 4.79 Å². The van der Waals surface area contributed by atoms with Gasteiger partial charge in [-0.25, -0.2) is 8.42 Å². The largest absolute Gasteiger partial charge is 0.368 e. The Hall–Kier alpha value is -1.40. The molecular formula is C19H29NO4S. The number of nitrogens with zero attached hydrogens (tertiary/aromatic N) is 1. The maximum Gasteiger partial charge on any atom is 0.248 e. The number of hydrogen-bond donors (Lipinski definition) is 0. The van der Waals surface area contributed by atoms with Crippen molar-refractivity contribution in [2.75, 3.05) is 19.9 Å². The van der Waals surface area contributed by atoms with Crippen molar-refractivity contribution in [3.63, 3.8) is 0 Å².